The summed E-state index contributed by atoms with van der Waals surface area (Å²) in [5, 5.41) is 3.93. The fraction of sp³-hybridized carbons (Fsp3) is 0.273. The molecule has 96 valence electrons. The molecule has 0 aliphatic heterocycles. The van der Waals surface area contributed by atoms with Crippen LogP contribution in [0, 0.1) is 5.82 Å². The predicted molar refractivity (Wildman–Crippen MR) is 74.2 cm³/mol. The summed E-state index contributed by atoms with van der Waals surface area (Å²) < 4.78 is 18.8. The number of nitrogens with zero attached hydrogens (tertiary/aromatic N) is 3. The zero-order valence-corrected chi connectivity index (χ0v) is 12.7. The maximum atomic E-state index is 13.6. The van der Waals surface area contributed by atoms with Crippen molar-refractivity contribution in [2.75, 3.05) is 7.05 Å². The maximum Gasteiger partial charge on any atom is 0.138 e. The fourth-order valence-electron chi connectivity index (χ4n) is 1.56. The molecule has 7 heteroatoms. The first kappa shape index (κ1) is 13.9. The van der Waals surface area contributed by atoms with Crippen molar-refractivity contribution in [3.8, 4) is 0 Å². The lowest BCUT2D eigenvalue weighted by molar-refractivity contribution is 0.309. The van der Waals surface area contributed by atoms with Crippen molar-refractivity contribution in [2.24, 2.45) is 0 Å². The van der Waals surface area contributed by atoms with E-state index in [2.05, 4.69) is 25.5 Å². The van der Waals surface area contributed by atoms with Gasteiger partial charge in [-0.25, -0.2) is 4.39 Å². The minimum absolute atomic E-state index is 0.215. The zero-order valence-electron chi connectivity index (χ0n) is 9.53. The van der Waals surface area contributed by atoms with Crippen molar-refractivity contribution in [1.82, 2.24) is 14.5 Å². The Bertz CT molecular complexity index is 549. The Balaban J connectivity index is 2.05. The Morgan fingerprint density at radius 3 is 2.89 bits per heavy atom. The van der Waals surface area contributed by atoms with E-state index in [4.69, 9.17) is 11.6 Å². The summed E-state index contributed by atoms with van der Waals surface area (Å²) >= 11 is 10.4. The van der Waals surface area contributed by atoms with E-state index in [9.17, 15) is 4.39 Å². The molecule has 0 atom stereocenters. The van der Waals surface area contributed by atoms with E-state index >= 15 is 0 Å². The lowest BCUT2D eigenvalue weighted by Gasteiger charge is -2.16. The summed E-state index contributed by atoms with van der Waals surface area (Å²) in [6, 6.07) is 4.90. The molecule has 1 heterocycles. The van der Waals surface area contributed by atoms with Gasteiger partial charge < -0.3 is 0 Å². The molecule has 0 amide bonds. The van der Waals surface area contributed by atoms with Crippen LogP contribution in [0.3, 0.4) is 0 Å². The molecule has 0 radical (unpaired) electrons. The van der Waals surface area contributed by atoms with Crippen molar-refractivity contribution in [3.63, 3.8) is 0 Å². The number of halogens is 3. The summed E-state index contributed by atoms with van der Waals surface area (Å²) in [5.41, 5.74) is 1.35. The molecule has 3 nitrogen and oxygen atoms in total. The monoisotopic (exact) mass is 349 g/mol. The summed E-state index contributed by atoms with van der Waals surface area (Å²) in [6.07, 6.45) is 0. The smallest absolute Gasteiger partial charge is 0.138 e. The highest BCUT2D eigenvalue weighted by atomic mass is 79.9. The molecule has 0 fully saturated rings. The first-order valence-electron chi connectivity index (χ1n) is 5.15. The largest absolute Gasteiger partial charge is 0.296 e. The number of hydrogen-bond donors (Lipinski definition) is 0. The Morgan fingerprint density at radius 2 is 2.22 bits per heavy atom. The van der Waals surface area contributed by atoms with Crippen LogP contribution >= 0.6 is 39.1 Å². The number of benzene rings is 1. The molecule has 1 aromatic carbocycles. The molecule has 0 spiro atoms. The average Bonchev–Trinajstić information content (AvgIpc) is 2.70. The van der Waals surface area contributed by atoms with Crippen LogP contribution < -0.4 is 0 Å². The van der Waals surface area contributed by atoms with Crippen molar-refractivity contribution in [1.29, 1.82) is 0 Å². The maximum absolute atomic E-state index is 13.6. The van der Waals surface area contributed by atoms with Gasteiger partial charge in [0.05, 0.1) is 0 Å². The van der Waals surface area contributed by atoms with E-state index in [1.54, 1.807) is 12.1 Å². The highest BCUT2D eigenvalue weighted by Crippen LogP contribution is 2.21. The summed E-state index contributed by atoms with van der Waals surface area (Å²) in [4.78, 5) is 1.94. The molecule has 0 N–H and O–H groups in total. The van der Waals surface area contributed by atoms with Gasteiger partial charge in [0.15, 0.2) is 0 Å². The molecule has 0 unspecified atom stereocenters. The Hall–Kier alpha value is -0.560. The molecule has 0 aliphatic carbocycles. The van der Waals surface area contributed by atoms with Crippen molar-refractivity contribution in [3.05, 3.63) is 44.1 Å². The molecular formula is C11H10BrClFN3S. The molecule has 18 heavy (non-hydrogen) atoms. The minimum Gasteiger partial charge on any atom is -0.296 e. The average molecular weight is 351 g/mol. The second kappa shape index (κ2) is 6.06. The lowest BCUT2D eigenvalue weighted by Crippen LogP contribution is -2.18. The minimum atomic E-state index is -0.215. The molecule has 1 aromatic heterocycles. The third-order valence-corrected chi connectivity index (χ3v) is 3.85. The number of hydrogen-bond acceptors (Lipinski definition) is 4. The summed E-state index contributed by atoms with van der Waals surface area (Å²) in [7, 11) is 1.88. The van der Waals surface area contributed by atoms with Crippen molar-refractivity contribution < 1.29 is 4.39 Å². The molecule has 0 saturated heterocycles. The zero-order chi connectivity index (χ0) is 13.1. The Kier molecular flexibility index (Phi) is 4.66. The van der Waals surface area contributed by atoms with Crippen LogP contribution in [0.25, 0.3) is 0 Å². The van der Waals surface area contributed by atoms with E-state index in [1.165, 1.54) is 6.07 Å². The predicted octanol–water partition coefficient (Wildman–Crippen LogP) is 3.73. The van der Waals surface area contributed by atoms with Crippen LogP contribution in [0.15, 0.2) is 22.7 Å². The van der Waals surface area contributed by atoms with Gasteiger partial charge in [-0.3, -0.25) is 4.90 Å². The van der Waals surface area contributed by atoms with E-state index in [1.807, 2.05) is 11.9 Å². The van der Waals surface area contributed by atoms with Gasteiger partial charge in [0.25, 0.3) is 0 Å². The highest BCUT2D eigenvalue weighted by molar-refractivity contribution is 9.10. The van der Waals surface area contributed by atoms with E-state index in [0.29, 0.717) is 23.0 Å². The Labute approximate surface area is 122 Å². The molecule has 2 rings (SSSR count). The number of aromatic nitrogens is 2. The van der Waals surface area contributed by atoms with Crippen LogP contribution in [0.4, 0.5) is 4.39 Å². The molecule has 0 aliphatic rings. The van der Waals surface area contributed by atoms with Crippen LogP contribution in [0.2, 0.25) is 4.34 Å². The standard InChI is InChI=1S/C11H10BrClFN3S/c1-17(6-10-11(13)18-16-15-10)5-7-4-8(12)2-3-9(7)14/h2-4H,5-6H2,1H3. The molecule has 2 aromatic rings. The highest BCUT2D eigenvalue weighted by Gasteiger charge is 2.11. The van der Waals surface area contributed by atoms with Gasteiger partial charge in [-0.2, -0.15) is 0 Å². The van der Waals surface area contributed by atoms with Gasteiger partial charge in [0.2, 0.25) is 0 Å². The van der Waals surface area contributed by atoms with Crippen LogP contribution in [0.1, 0.15) is 11.3 Å². The second-order valence-corrected chi connectivity index (χ2v) is 6.17. The van der Waals surface area contributed by atoms with Gasteiger partial charge in [-0.05, 0) is 25.2 Å². The van der Waals surface area contributed by atoms with E-state index in [-0.39, 0.29) is 5.82 Å². The summed E-state index contributed by atoms with van der Waals surface area (Å²) in [6.45, 7) is 1.03. The van der Waals surface area contributed by atoms with Crippen LogP contribution in [-0.4, -0.2) is 21.5 Å². The lowest BCUT2D eigenvalue weighted by atomic mass is 10.2. The quantitative estimate of drug-likeness (QED) is 0.841. The third-order valence-electron chi connectivity index (χ3n) is 2.38. The van der Waals surface area contributed by atoms with Crippen molar-refractivity contribution in [2.45, 2.75) is 13.1 Å². The van der Waals surface area contributed by atoms with Crippen LogP contribution in [0.5, 0.6) is 0 Å². The summed E-state index contributed by atoms with van der Waals surface area (Å²) in [5.74, 6) is -0.215. The van der Waals surface area contributed by atoms with Gasteiger partial charge in [0.1, 0.15) is 15.8 Å². The van der Waals surface area contributed by atoms with E-state index < -0.39 is 0 Å². The molecular weight excluding hydrogens is 341 g/mol. The van der Waals surface area contributed by atoms with E-state index in [0.717, 1.165) is 21.7 Å². The molecule has 0 bridgehead atoms. The normalized spacial score (nSPS) is 11.2. The topological polar surface area (TPSA) is 29.0 Å². The van der Waals surface area contributed by atoms with Gasteiger partial charge in [-0.15, -0.1) is 5.10 Å². The SMILES string of the molecule is CN(Cc1cc(Br)ccc1F)Cc1nnsc1Cl. The van der Waals surface area contributed by atoms with Gasteiger partial charge in [0, 0.05) is 34.7 Å². The molecule has 0 saturated carbocycles. The van der Waals surface area contributed by atoms with Gasteiger partial charge in [-0.1, -0.05) is 32.0 Å². The van der Waals surface area contributed by atoms with Gasteiger partial charge >= 0.3 is 0 Å². The van der Waals surface area contributed by atoms with Crippen molar-refractivity contribution >= 4 is 39.1 Å². The third kappa shape index (κ3) is 3.47. The first-order valence-corrected chi connectivity index (χ1v) is 7.10. The fourth-order valence-corrected chi connectivity index (χ4v) is 2.58. The Morgan fingerprint density at radius 1 is 1.44 bits per heavy atom. The van der Waals surface area contributed by atoms with Crippen LogP contribution in [-0.2, 0) is 13.1 Å². The number of rotatable bonds is 4. The first-order chi connectivity index (χ1) is 8.56. The second-order valence-electron chi connectivity index (χ2n) is 3.90.